The molecule has 0 fully saturated rings. The molecule has 1 N–H and O–H groups in total. The van der Waals surface area contributed by atoms with Crippen LogP contribution in [0.2, 0.25) is 0 Å². The highest BCUT2D eigenvalue weighted by atomic mass is 15.0. The fourth-order valence-corrected chi connectivity index (χ4v) is 3.13. The lowest BCUT2D eigenvalue weighted by Gasteiger charge is -2.14. The van der Waals surface area contributed by atoms with Crippen molar-refractivity contribution in [2.24, 2.45) is 4.99 Å². The molecule has 0 aliphatic heterocycles. The van der Waals surface area contributed by atoms with E-state index in [1.54, 1.807) is 0 Å². The van der Waals surface area contributed by atoms with Crippen LogP contribution >= 0.6 is 0 Å². The van der Waals surface area contributed by atoms with Crippen LogP contribution in [0, 0.1) is 0 Å². The van der Waals surface area contributed by atoms with Gasteiger partial charge in [-0.25, -0.2) is 0 Å². The van der Waals surface area contributed by atoms with Crippen LogP contribution in [0.5, 0.6) is 0 Å². The fraction of sp³-hybridized carbons (Fsp3) is 0.955. The first-order valence-corrected chi connectivity index (χ1v) is 10.9. The van der Waals surface area contributed by atoms with Gasteiger partial charge >= 0.3 is 0 Å². The van der Waals surface area contributed by atoms with Crippen molar-refractivity contribution in [2.45, 2.75) is 137 Å². The van der Waals surface area contributed by atoms with Gasteiger partial charge in [-0.05, 0) is 34.1 Å². The van der Waals surface area contributed by atoms with E-state index in [1.807, 2.05) is 0 Å². The molecule has 0 aliphatic carbocycles. The van der Waals surface area contributed by atoms with E-state index in [0.29, 0.717) is 12.1 Å². The molecule has 0 aromatic heterocycles. The van der Waals surface area contributed by atoms with Crippen LogP contribution in [0.3, 0.4) is 0 Å². The lowest BCUT2D eigenvalue weighted by molar-refractivity contribution is 0.540. The van der Waals surface area contributed by atoms with Crippen LogP contribution in [0.4, 0.5) is 0 Å². The third-order valence-corrected chi connectivity index (χ3v) is 4.39. The summed E-state index contributed by atoms with van der Waals surface area (Å²) in [5, 5.41) is 3.50. The van der Waals surface area contributed by atoms with Gasteiger partial charge in [0.2, 0.25) is 0 Å². The lowest BCUT2D eigenvalue weighted by atomic mass is 10.0. The number of nitrogens with one attached hydrogen (secondary N) is 1. The first kappa shape index (κ1) is 23.5. The second-order valence-corrected chi connectivity index (χ2v) is 7.96. The molecule has 0 saturated carbocycles. The van der Waals surface area contributed by atoms with Gasteiger partial charge in [0.25, 0.3) is 0 Å². The molecule has 0 aliphatic rings. The highest BCUT2D eigenvalue weighted by molar-refractivity contribution is 5.82. The minimum absolute atomic E-state index is 0.397. The third-order valence-electron chi connectivity index (χ3n) is 4.39. The van der Waals surface area contributed by atoms with Crippen LogP contribution < -0.4 is 5.32 Å². The number of aliphatic imine (C=N–C) groups is 1. The highest BCUT2D eigenvalue weighted by Crippen LogP contribution is 2.13. The van der Waals surface area contributed by atoms with Crippen molar-refractivity contribution in [2.75, 3.05) is 0 Å². The average Bonchev–Trinajstić information content (AvgIpc) is 2.50. The third kappa shape index (κ3) is 17.8. The van der Waals surface area contributed by atoms with Gasteiger partial charge in [-0.3, -0.25) is 4.99 Å². The number of amidine groups is 1. The Morgan fingerprint density at radius 1 is 0.667 bits per heavy atom. The second-order valence-electron chi connectivity index (χ2n) is 7.96. The van der Waals surface area contributed by atoms with Crippen molar-refractivity contribution in [3.05, 3.63) is 0 Å². The van der Waals surface area contributed by atoms with Gasteiger partial charge in [0.15, 0.2) is 0 Å². The Hall–Kier alpha value is -0.530. The molecule has 144 valence electrons. The summed E-state index contributed by atoms with van der Waals surface area (Å²) >= 11 is 0. The van der Waals surface area contributed by atoms with Gasteiger partial charge in [-0.2, -0.15) is 0 Å². The van der Waals surface area contributed by atoms with Gasteiger partial charge in [0.05, 0.1) is 5.84 Å². The molecule has 0 saturated heterocycles. The van der Waals surface area contributed by atoms with Gasteiger partial charge in [0, 0.05) is 18.5 Å². The van der Waals surface area contributed by atoms with E-state index in [2.05, 4.69) is 39.9 Å². The van der Waals surface area contributed by atoms with Crippen LogP contribution in [0.1, 0.15) is 125 Å². The van der Waals surface area contributed by atoms with Crippen molar-refractivity contribution in [1.82, 2.24) is 5.32 Å². The molecule has 0 aromatic carbocycles. The molecular formula is C22H46N2. The van der Waals surface area contributed by atoms with E-state index in [1.165, 1.54) is 89.3 Å². The highest BCUT2D eigenvalue weighted by Gasteiger charge is 2.03. The Labute approximate surface area is 153 Å². The zero-order valence-electron chi connectivity index (χ0n) is 17.5. The van der Waals surface area contributed by atoms with Crippen LogP contribution in [0.25, 0.3) is 0 Å². The predicted octanol–water partition coefficient (Wildman–Crippen LogP) is 7.27. The fourth-order valence-electron chi connectivity index (χ4n) is 3.13. The maximum Gasteiger partial charge on any atom is 0.0968 e. The standard InChI is InChI=1S/C22H46N2/c1-6-7-8-9-10-11-12-13-14-15-16-17-18-19-22(23-20(2)3)24-21(4)5/h20-21H,6-19H2,1-5H3,(H,23,24). The van der Waals surface area contributed by atoms with Crippen LogP contribution in [-0.4, -0.2) is 17.9 Å². The Morgan fingerprint density at radius 3 is 1.46 bits per heavy atom. The zero-order valence-corrected chi connectivity index (χ0v) is 17.5. The van der Waals surface area contributed by atoms with Gasteiger partial charge in [0.1, 0.15) is 0 Å². The first-order chi connectivity index (χ1) is 11.6. The van der Waals surface area contributed by atoms with E-state index in [-0.39, 0.29) is 0 Å². The smallest absolute Gasteiger partial charge is 0.0968 e. The monoisotopic (exact) mass is 338 g/mol. The Kier molecular flexibility index (Phi) is 16.9. The van der Waals surface area contributed by atoms with E-state index in [4.69, 9.17) is 4.99 Å². The molecule has 2 nitrogen and oxygen atoms in total. The normalized spacial score (nSPS) is 12.4. The Morgan fingerprint density at radius 2 is 1.08 bits per heavy atom. The Bertz CT molecular complexity index is 282. The molecule has 0 atom stereocenters. The summed E-state index contributed by atoms with van der Waals surface area (Å²) < 4.78 is 0. The molecule has 2 heteroatoms. The van der Waals surface area contributed by atoms with Crippen molar-refractivity contribution in [3.63, 3.8) is 0 Å². The predicted molar refractivity (Wildman–Crippen MR) is 111 cm³/mol. The molecule has 0 spiro atoms. The van der Waals surface area contributed by atoms with Gasteiger partial charge < -0.3 is 5.32 Å². The summed E-state index contributed by atoms with van der Waals surface area (Å²) in [4.78, 5) is 4.72. The molecule has 0 rings (SSSR count). The summed E-state index contributed by atoms with van der Waals surface area (Å²) in [5.74, 6) is 1.21. The minimum atomic E-state index is 0.397. The van der Waals surface area contributed by atoms with Gasteiger partial charge in [-0.1, -0.05) is 84.0 Å². The molecular weight excluding hydrogens is 292 g/mol. The zero-order chi connectivity index (χ0) is 18.0. The molecule has 0 radical (unpaired) electrons. The largest absolute Gasteiger partial charge is 0.372 e. The number of unbranched alkanes of at least 4 members (excludes halogenated alkanes) is 12. The second kappa shape index (κ2) is 17.3. The molecule has 0 unspecified atom stereocenters. The molecule has 24 heavy (non-hydrogen) atoms. The quantitative estimate of drug-likeness (QED) is 0.178. The summed E-state index contributed by atoms with van der Waals surface area (Å²) in [6.45, 7) is 11.0. The van der Waals surface area contributed by atoms with Crippen LogP contribution in [-0.2, 0) is 0 Å². The maximum atomic E-state index is 4.72. The number of rotatable bonds is 16. The number of hydrogen-bond donors (Lipinski definition) is 1. The molecule has 0 aromatic rings. The van der Waals surface area contributed by atoms with Crippen molar-refractivity contribution < 1.29 is 0 Å². The van der Waals surface area contributed by atoms with Crippen molar-refractivity contribution >= 4 is 5.84 Å². The minimum Gasteiger partial charge on any atom is -0.372 e. The summed E-state index contributed by atoms with van der Waals surface area (Å²) in [6, 6.07) is 0.887. The van der Waals surface area contributed by atoms with E-state index < -0.39 is 0 Å². The van der Waals surface area contributed by atoms with E-state index >= 15 is 0 Å². The lowest BCUT2D eigenvalue weighted by Crippen LogP contribution is -2.31. The SMILES string of the molecule is CCCCCCCCCCCCCCCC(=NC(C)C)NC(C)C. The average molecular weight is 339 g/mol. The van der Waals surface area contributed by atoms with Crippen molar-refractivity contribution in [1.29, 1.82) is 0 Å². The van der Waals surface area contributed by atoms with Crippen LogP contribution in [0.15, 0.2) is 4.99 Å². The maximum absolute atomic E-state index is 4.72. The number of hydrogen-bond acceptors (Lipinski definition) is 1. The van der Waals surface area contributed by atoms with Crippen molar-refractivity contribution in [3.8, 4) is 0 Å². The molecule has 0 amide bonds. The Balaban J connectivity index is 3.43. The summed E-state index contributed by atoms with van der Waals surface area (Å²) in [7, 11) is 0. The number of nitrogens with zero attached hydrogens (tertiary/aromatic N) is 1. The summed E-state index contributed by atoms with van der Waals surface area (Å²) in [6.07, 6.45) is 19.5. The van der Waals surface area contributed by atoms with Gasteiger partial charge in [-0.15, -0.1) is 0 Å². The van der Waals surface area contributed by atoms with E-state index in [0.717, 1.165) is 6.42 Å². The first-order valence-electron chi connectivity index (χ1n) is 10.9. The van der Waals surface area contributed by atoms with E-state index in [9.17, 15) is 0 Å². The summed E-state index contributed by atoms with van der Waals surface area (Å²) in [5.41, 5.74) is 0. The molecule has 0 heterocycles. The molecule has 0 bridgehead atoms. The topological polar surface area (TPSA) is 24.4 Å².